The second-order valence-corrected chi connectivity index (χ2v) is 4.30. The predicted molar refractivity (Wildman–Crippen MR) is 64.5 cm³/mol. The average molecular weight is 200 g/mol. The Hall–Kier alpha value is -1.44. The lowest BCUT2D eigenvalue weighted by atomic mass is 9.96. The van der Waals surface area contributed by atoms with Crippen molar-refractivity contribution in [3.8, 4) is 0 Å². The summed E-state index contributed by atoms with van der Waals surface area (Å²) in [5, 5.41) is 4.60. The van der Waals surface area contributed by atoms with E-state index in [2.05, 4.69) is 28.5 Å². The second-order valence-electron chi connectivity index (χ2n) is 4.30. The van der Waals surface area contributed by atoms with Crippen LogP contribution in [-0.2, 0) is 12.8 Å². The number of hydrogen-bond donors (Lipinski definition) is 2. The van der Waals surface area contributed by atoms with Gasteiger partial charge in [0.15, 0.2) is 0 Å². The molecular weight excluding hydrogens is 184 g/mol. The van der Waals surface area contributed by atoms with Crippen molar-refractivity contribution in [3.05, 3.63) is 29.5 Å². The molecule has 2 nitrogen and oxygen atoms in total. The number of benzene rings is 1. The zero-order valence-electron chi connectivity index (χ0n) is 9.06. The third kappa shape index (κ3) is 1.32. The third-order valence-corrected chi connectivity index (χ3v) is 3.39. The van der Waals surface area contributed by atoms with Gasteiger partial charge in [0.25, 0.3) is 0 Å². The third-order valence-electron chi connectivity index (χ3n) is 3.39. The molecule has 0 fully saturated rings. The highest BCUT2D eigenvalue weighted by Gasteiger charge is 2.14. The number of aromatic nitrogens is 1. The number of aromatic amines is 1. The summed E-state index contributed by atoms with van der Waals surface area (Å²) < 4.78 is 0. The molecule has 0 aliphatic heterocycles. The Morgan fingerprint density at radius 1 is 1.20 bits per heavy atom. The van der Waals surface area contributed by atoms with Crippen LogP contribution in [0.1, 0.15) is 24.1 Å². The van der Waals surface area contributed by atoms with Crippen LogP contribution < -0.4 is 5.32 Å². The highest BCUT2D eigenvalue weighted by Crippen LogP contribution is 2.30. The van der Waals surface area contributed by atoms with E-state index in [1.165, 1.54) is 48.0 Å². The topological polar surface area (TPSA) is 27.8 Å². The van der Waals surface area contributed by atoms with Crippen molar-refractivity contribution >= 4 is 16.6 Å². The van der Waals surface area contributed by atoms with Crippen LogP contribution in [0.15, 0.2) is 18.2 Å². The molecule has 78 valence electrons. The number of H-pyrrole nitrogens is 1. The quantitative estimate of drug-likeness (QED) is 0.727. The van der Waals surface area contributed by atoms with Crippen molar-refractivity contribution < 1.29 is 0 Å². The van der Waals surface area contributed by atoms with Gasteiger partial charge in [0, 0.05) is 29.3 Å². The van der Waals surface area contributed by atoms with Crippen molar-refractivity contribution in [2.45, 2.75) is 25.7 Å². The van der Waals surface area contributed by atoms with E-state index in [0.29, 0.717) is 0 Å². The molecule has 1 aliphatic carbocycles. The maximum atomic E-state index is 3.55. The largest absolute Gasteiger partial charge is 0.388 e. The number of anilines is 1. The SMILES string of the molecule is CNc1ccc2c3c([nH]c2c1)CCCC3. The van der Waals surface area contributed by atoms with Crippen LogP contribution in [0.25, 0.3) is 10.9 Å². The molecular formula is C13H16N2. The highest BCUT2D eigenvalue weighted by molar-refractivity contribution is 5.87. The van der Waals surface area contributed by atoms with E-state index in [1.807, 2.05) is 7.05 Å². The first-order valence-electron chi connectivity index (χ1n) is 5.70. The van der Waals surface area contributed by atoms with Crippen LogP contribution in [-0.4, -0.2) is 12.0 Å². The Balaban J connectivity index is 2.22. The molecule has 0 spiro atoms. The monoisotopic (exact) mass is 200 g/mol. The van der Waals surface area contributed by atoms with E-state index in [4.69, 9.17) is 0 Å². The van der Waals surface area contributed by atoms with Crippen molar-refractivity contribution in [2.75, 3.05) is 12.4 Å². The smallest absolute Gasteiger partial charge is 0.0479 e. The summed E-state index contributed by atoms with van der Waals surface area (Å²) in [6, 6.07) is 6.60. The molecule has 2 N–H and O–H groups in total. The fourth-order valence-corrected chi connectivity index (χ4v) is 2.57. The number of aryl methyl sites for hydroxylation is 2. The Morgan fingerprint density at radius 2 is 2.07 bits per heavy atom. The lowest BCUT2D eigenvalue weighted by Crippen LogP contribution is -1.99. The molecule has 15 heavy (non-hydrogen) atoms. The summed E-state index contributed by atoms with van der Waals surface area (Å²) in [6.07, 6.45) is 5.14. The number of nitrogens with one attached hydrogen (secondary N) is 2. The summed E-state index contributed by atoms with van der Waals surface area (Å²) >= 11 is 0. The van der Waals surface area contributed by atoms with Gasteiger partial charge >= 0.3 is 0 Å². The van der Waals surface area contributed by atoms with Crippen molar-refractivity contribution in [1.82, 2.24) is 4.98 Å². The summed E-state index contributed by atoms with van der Waals surface area (Å²) in [7, 11) is 1.96. The average Bonchev–Trinajstić information content (AvgIpc) is 2.66. The van der Waals surface area contributed by atoms with Gasteiger partial charge in [0.1, 0.15) is 0 Å². The van der Waals surface area contributed by atoms with Crippen molar-refractivity contribution in [1.29, 1.82) is 0 Å². The van der Waals surface area contributed by atoms with Crippen LogP contribution in [0.3, 0.4) is 0 Å². The maximum absolute atomic E-state index is 3.55. The van der Waals surface area contributed by atoms with Crippen LogP contribution in [0.2, 0.25) is 0 Å². The molecule has 3 rings (SSSR count). The standard InChI is InChI=1S/C13H16N2/c1-14-9-6-7-11-10-4-2-3-5-12(10)15-13(11)8-9/h6-8,14-15H,2-5H2,1H3. The van der Waals surface area contributed by atoms with E-state index >= 15 is 0 Å². The first-order chi connectivity index (χ1) is 7.38. The Kier molecular flexibility index (Phi) is 1.94. The van der Waals surface area contributed by atoms with Gasteiger partial charge < -0.3 is 10.3 Å². The van der Waals surface area contributed by atoms with Gasteiger partial charge in [-0.05, 0) is 43.4 Å². The van der Waals surface area contributed by atoms with Crippen LogP contribution in [0.4, 0.5) is 5.69 Å². The molecule has 1 aliphatic rings. The molecule has 0 atom stereocenters. The molecule has 1 aromatic heterocycles. The van der Waals surface area contributed by atoms with Crippen LogP contribution >= 0.6 is 0 Å². The molecule has 0 saturated heterocycles. The van der Waals surface area contributed by atoms with Gasteiger partial charge in [0.05, 0.1) is 0 Å². The normalized spacial score (nSPS) is 15.3. The molecule has 0 unspecified atom stereocenters. The van der Waals surface area contributed by atoms with Crippen LogP contribution in [0, 0.1) is 0 Å². The zero-order valence-corrected chi connectivity index (χ0v) is 9.06. The van der Waals surface area contributed by atoms with E-state index in [0.717, 1.165) is 0 Å². The summed E-state index contributed by atoms with van der Waals surface area (Å²) in [5.41, 5.74) is 5.48. The van der Waals surface area contributed by atoms with E-state index in [1.54, 1.807) is 5.56 Å². The van der Waals surface area contributed by atoms with E-state index < -0.39 is 0 Å². The number of hydrogen-bond acceptors (Lipinski definition) is 1. The molecule has 0 amide bonds. The Morgan fingerprint density at radius 3 is 2.93 bits per heavy atom. The molecule has 0 saturated carbocycles. The number of fused-ring (bicyclic) bond motifs is 3. The summed E-state index contributed by atoms with van der Waals surface area (Å²) in [6.45, 7) is 0. The lowest BCUT2D eigenvalue weighted by molar-refractivity contribution is 0.680. The van der Waals surface area contributed by atoms with Gasteiger partial charge in [-0.15, -0.1) is 0 Å². The first-order valence-corrected chi connectivity index (χ1v) is 5.70. The minimum Gasteiger partial charge on any atom is -0.388 e. The van der Waals surface area contributed by atoms with Crippen LogP contribution in [0.5, 0.6) is 0 Å². The van der Waals surface area contributed by atoms with Gasteiger partial charge in [-0.1, -0.05) is 6.07 Å². The van der Waals surface area contributed by atoms with Crippen molar-refractivity contribution in [3.63, 3.8) is 0 Å². The molecule has 1 aromatic carbocycles. The fourth-order valence-electron chi connectivity index (χ4n) is 2.57. The highest BCUT2D eigenvalue weighted by atomic mass is 14.8. The molecule has 0 bridgehead atoms. The minimum absolute atomic E-state index is 1.18. The van der Waals surface area contributed by atoms with Gasteiger partial charge in [-0.3, -0.25) is 0 Å². The lowest BCUT2D eigenvalue weighted by Gasteiger charge is -2.10. The molecule has 0 radical (unpaired) electrons. The van der Waals surface area contributed by atoms with E-state index in [9.17, 15) is 0 Å². The van der Waals surface area contributed by atoms with Gasteiger partial charge in [0.2, 0.25) is 0 Å². The van der Waals surface area contributed by atoms with E-state index in [-0.39, 0.29) is 0 Å². The van der Waals surface area contributed by atoms with Crippen molar-refractivity contribution in [2.24, 2.45) is 0 Å². The minimum atomic E-state index is 1.18. The molecule has 2 aromatic rings. The summed E-state index contributed by atoms with van der Waals surface area (Å²) in [5.74, 6) is 0. The first kappa shape index (κ1) is 8.84. The number of rotatable bonds is 1. The molecule has 2 heteroatoms. The Labute approximate surface area is 89.7 Å². The van der Waals surface area contributed by atoms with Gasteiger partial charge in [-0.2, -0.15) is 0 Å². The maximum Gasteiger partial charge on any atom is 0.0479 e. The summed E-state index contributed by atoms with van der Waals surface area (Å²) in [4.78, 5) is 3.55. The Bertz CT molecular complexity index is 496. The second kappa shape index (κ2) is 3.30. The predicted octanol–water partition coefficient (Wildman–Crippen LogP) is 3.09. The zero-order chi connectivity index (χ0) is 10.3. The fraction of sp³-hybridized carbons (Fsp3) is 0.385. The molecule has 1 heterocycles. The van der Waals surface area contributed by atoms with Gasteiger partial charge in [-0.25, -0.2) is 0 Å².